The molecule has 0 amide bonds. The fraction of sp³-hybridized carbons (Fsp3) is 0.231. The van der Waals surface area contributed by atoms with E-state index in [9.17, 15) is 4.39 Å². The molecule has 2 aliphatic rings. The molecule has 6 nitrogen and oxygen atoms in total. The quantitative estimate of drug-likeness (QED) is 0.466. The molecule has 1 aromatic carbocycles. The predicted molar refractivity (Wildman–Crippen MR) is 127 cm³/mol. The van der Waals surface area contributed by atoms with Gasteiger partial charge < -0.3 is 5.32 Å². The largest absolute Gasteiger partial charge is 0.351 e. The van der Waals surface area contributed by atoms with Gasteiger partial charge in [0.05, 0.1) is 12.4 Å². The third-order valence-corrected chi connectivity index (χ3v) is 6.54. The van der Waals surface area contributed by atoms with Crippen molar-refractivity contribution in [3.63, 3.8) is 0 Å². The summed E-state index contributed by atoms with van der Waals surface area (Å²) in [6.07, 6.45) is 8.57. The monoisotopic (exact) mass is 438 g/mol. The lowest BCUT2D eigenvalue weighted by molar-refractivity contribution is 0.621. The first-order valence-electron chi connectivity index (χ1n) is 11.1. The highest BCUT2D eigenvalue weighted by atomic mass is 19.1. The molecule has 6 rings (SSSR count). The molecule has 7 heteroatoms. The topological polar surface area (TPSA) is 68.0 Å². The molecule has 0 aliphatic heterocycles. The number of allylic oxidation sites excluding steroid dienone is 2. The van der Waals surface area contributed by atoms with E-state index in [-0.39, 0.29) is 6.04 Å². The molecule has 164 valence electrons. The molecule has 0 spiro atoms. The van der Waals surface area contributed by atoms with Crippen LogP contribution in [0.5, 0.6) is 0 Å². The van der Waals surface area contributed by atoms with Crippen LogP contribution in [0.1, 0.15) is 42.9 Å². The van der Waals surface area contributed by atoms with Gasteiger partial charge in [-0.1, -0.05) is 36.4 Å². The maximum atomic E-state index is 13.9. The van der Waals surface area contributed by atoms with Crippen molar-refractivity contribution in [2.24, 2.45) is 0 Å². The highest BCUT2D eigenvalue weighted by Crippen LogP contribution is 2.42. The van der Waals surface area contributed by atoms with Crippen molar-refractivity contribution in [3.05, 3.63) is 83.6 Å². The van der Waals surface area contributed by atoms with Crippen LogP contribution in [-0.4, -0.2) is 30.6 Å². The van der Waals surface area contributed by atoms with Gasteiger partial charge in [-0.05, 0) is 60.9 Å². The zero-order chi connectivity index (χ0) is 22.5. The number of hydrogen-bond donors (Lipinski definition) is 1. The van der Waals surface area contributed by atoms with Crippen LogP contribution in [0, 0.1) is 5.82 Å². The Kier molecular flexibility index (Phi) is 4.57. The molecule has 3 heterocycles. The molecule has 1 atom stereocenters. The smallest absolute Gasteiger partial charge is 0.228 e. The summed E-state index contributed by atoms with van der Waals surface area (Å²) in [5.41, 5.74) is 8.66. The summed E-state index contributed by atoms with van der Waals surface area (Å²) >= 11 is 0. The fourth-order valence-corrected chi connectivity index (χ4v) is 4.93. The van der Waals surface area contributed by atoms with Crippen LogP contribution in [0.15, 0.2) is 61.1 Å². The maximum absolute atomic E-state index is 13.9. The van der Waals surface area contributed by atoms with Gasteiger partial charge in [0.1, 0.15) is 5.82 Å². The summed E-state index contributed by atoms with van der Waals surface area (Å²) in [6, 6.07) is 10.3. The van der Waals surface area contributed by atoms with Gasteiger partial charge in [0, 0.05) is 23.4 Å². The van der Waals surface area contributed by atoms with Crippen molar-refractivity contribution in [2.75, 3.05) is 5.32 Å². The lowest BCUT2D eigenvalue weighted by atomic mass is 9.88. The predicted octanol–water partition coefficient (Wildman–Crippen LogP) is 5.33. The Morgan fingerprint density at radius 1 is 1.18 bits per heavy atom. The standard InChI is InChI=1S/C26H23FN6/c1-15(2)23-14-29-33-25(23)31-24(18-10-19(27)13-28-12-18)32-26(33)30-20-8-7-17-9-16-5-3-4-6-21(16)22(17)11-20/h3-6,10,12-14,20H,1,7-9,11H2,2H3,(H,30,31,32)/t20-/m1/s1. The van der Waals surface area contributed by atoms with Gasteiger partial charge in [0.2, 0.25) is 5.95 Å². The molecule has 0 saturated carbocycles. The van der Waals surface area contributed by atoms with Gasteiger partial charge in [0.25, 0.3) is 0 Å². The van der Waals surface area contributed by atoms with E-state index in [4.69, 9.17) is 4.98 Å². The maximum Gasteiger partial charge on any atom is 0.228 e. The van der Waals surface area contributed by atoms with Crippen LogP contribution < -0.4 is 5.32 Å². The molecule has 0 saturated heterocycles. The van der Waals surface area contributed by atoms with Gasteiger partial charge in [-0.2, -0.15) is 14.6 Å². The lowest BCUT2D eigenvalue weighted by Gasteiger charge is -2.26. The Labute approximate surface area is 190 Å². The summed E-state index contributed by atoms with van der Waals surface area (Å²) in [4.78, 5) is 13.4. The molecular formula is C26H23FN6. The van der Waals surface area contributed by atoms with Crippen LogP contribution in [0.3, 0.4) is 0 Å². The minimum Gasteiger partial charge on any atom is -0.351 e. The normalized spacial score (nSPS) is 17.2. The minimum absolute atomic E-state index is 0.212. The van der Waals surface area contributed by atoms with Gasteiger partial charge in [0.15, 0.2) is 11.5 Å². The minimum atomic E-state index is -0.425. The second kappa shape index (κ2) is 7.62. The molecular weight excluding hydrogens is 415 g/mol. The van der Waals surface area contributed by atoms with Crippen LogP contribution >= 0.6 is 0 Å². The van der Waals surface area contributed by atoms with Crippen LogP contribution in [0.2, 0.25) is 0 Å². The second-order valence-electron chi connectivity index (χ2n) is 8.84. The number of hydrogen-bond acceptors (Lipinski definition) is 5. The molecule has 3 aromatic heterocycles. The highest BCUT2D eigenvalue weighted by molar-refractivity contribution is 5.78. The summed E-state index contributed by atoms with van der Waals surface area (Å²) in [6.45, 7) is 5.97. The zero-order valence-corrected chi connectivity index (χ0v) is 18.3. The van der Waals surface area contributed by atoms with E-state index in [1.165, 1.54) is 29.0 Å². The van der Waals surface area contributed by atoms with E-state index in [1.807, 2.05) is 6.92 Å². The molecule has 0 unspecified atom stereocenters. The van der Waals surface area contributed by atoms with E-state index in [2.05, 4.69) is 51.2 Å². The Balaban J connectivity index is 1.39. The van der Waals surface area contributed by atoms with Crippen molar-refractivity contribution in [3.8, 4) is 11.4 Å². The van der Waals surface area contributed by atoms with E-state index >= 15 is 0 Å². The molecule has 0 fully saturated rings. The van der Waals surface area contributed by atoms with Crippen molar-refractivity contribution in [1.82, 2.24) is 24.6 Å². The van der Waals surface area contributed by atoms with Crippen LogP contribution in [0.4, 0.5) is 10.3 Å². The number of anilines is 1. The summed E-state index contributed by atoms with van der Waals surface area (Å²) in [7, 11) is 0. The van der Waals surface area contributed by atoms with E-state index in [1.54, 1.807) is 22.5 Å². The number of nitrogens with one attached hydrogen (secondary N) is 1. The SMILES string of the molecule is C=C(C)c1cnn2c(N[C@@H]3CCC4=C(C3)c3ccccc3C4)nc(-c3cncc(F)c3)nc12. The number of pyridine rings is 1. The van der Waals surface area contributed by atoms with Gasteiger partial charge in [-0.3, -0.25) is 4.98 Å². The number of fused-ring (bicyclic) bond motifs is 3. The second-order valence-corrected chi connectivity index (χ2v) is 8.84. The van der Waals surface area contributed by atoms with Crippen molar-refractivity contribution in [2.45, 2.75) is 38.6 Å². The molecule has 2 aliphatic carbocycles. The first-order chi connectivity index (χ1) is 16.1. The molecule has 4 aromatic rings. The number of halogens is 1. The van der Waals surface area contributed by atoms with E-state index in [0.717, 1.165) is 36.8 Å². The Morgan fingerprint density at radius 3 is 2.91 bits per heavy atom. The summed E-state index contributed by atoms with van der Waals surface area (Å²) < 4.78 is 15.6. The Morgan fingerprint density at radius 2 is 2.06 bits per heavy atom. The first kappa shape index (κ1) is 19.8. The van der Waals surface area contributed by atoms with Crippen molar-refractivity contribution < 1.29 is 4.39 Å². The van der Waals surface area contributed by atoms with Crippen molar-refractivity contribution in [1.29, 1.82) is 0 Å². The van der Waals surface area contributed by atoms with Gasteiger partial charge >= 0.3 is 0 Å². The number of rotatable bonds is 4. The highest BCUT2D eigenvalue weighted by Gasteiger charge is 2.29. The van der Waals surface area contributed by atoms with E-state index in [0.29, 0.717) is 23.0 Å². The van der Waals surface area contributed by atoms with E-state index < -0.39 is 5.82 Å². The zero-order valence-electron chi connectivity index (χ0n) is 18.3. The summed E-state index contributed by atoms with van der Waals surface area (Å²) in [5, 5.41) is 8.14. The summed E-state index contributed by atoms with van der Waals surface area (Å²) in [5.74, 6) is 0.569. The molecule has 1 N–H and O–H groups in total. The molecule has 33 heavy (non-hydrogen) atoms. The Bertz CT molecular complexity index is 1450. The van der Waals surface area contributed by atoms with Crippen LogP contribution in [-0.2, 0) is 6.42 Å². The third-order valence-electron chi connectivity index (χ3n) is 6.54. The van der Waals surface area contributed by atoms with Gasteiger partial charge in [-0.25, -0.2) is 9.37 Å². The lowest BCUT2D eigenvalue weighted by Crippen LogP contribution is -2.25. The average Bonchev–Trinajstić information content (AvgIpc) is 3.41. The Hall–Kier alpha value is -3.87. The molecule has 0 radical (unpaired) electrons. The number of aromatic nitrogens is 5. The van der Waals surface area contributed by atoms with Gasteiger partial charge in [-0.15, -0.1) is 0 Å². The third kappa shape index (κ3) is 3.40. The first-order valence-corrected chi connectivity index (χ1v) is 11.1. The fourth-order valence-electron chi connectivity index (χ4n) is 4.93. The van der Waals surface area contributed by atoms with Crippen LogP contribution in [0.25, 0.3) is 28.2 Å². The number of benzene rings is 1. The molecule has 0 bridgehead atoms. The van der Waals surface area contributed by atoms with Crippen molar-refractivity contribution >= 4 is 22.7 Å². The number of nitrogens with zero attached hydrogens (tertiary/aromatic N) is 5. The average molecular weight is 439 g/mol.